The van der Waals surface area contributed by atoms with Crippen molar-refractivity contribution < 1.29 is 18.0 Å². The zero-order chi connectivity index (χ0) is 24.9. The monoisotopic (exact) mass is 492 g/mol. The molecule has 0 saturated heterocycles. The van der Waals surface area contributed by atoms with Crippen molar-refractivity contribution in [3.05, 3.63) is 79.2 Å². The van der Waals surface area contributed by atoms with E-state index in [1.54, 1.807) is 6.92 Å². The van der Waals surface area contributed by atoms with Gasteiger partial charge in [-0.25, -0.2) is 14.5 Å². The van der Waals surface area contributed by atoms with E-state index < -0.39 is 28.9 Å². The Morgan fingerprint density at radius 3 is 2.44 bits per heavy atom. The number of nitrogens with zero attached hydrogens (tertiary/aromatic N) is 5. The van der Waals surface area contributed by atoms with Crippen molar-refractivity contribution in [1.82, 2.24) is 23.9 Å². The lowest BCUT2D eigenvalue weighted by atomic mass is 10.2. The highest BCUT2D eigenvalue weighted by atomic mass is 35.5. The van der Waals surface area contributed by atoms with Crippen LogP contribution >= 0.6 is 11.6 Å². The summed E-state index contributed by atoms with van der Waals surface area (Å²) in [7, 11) is 2.74. The van der Waals surface area contributed by atoms with Crippen LogP contribution in [0.15, 0.2) is 46.0 Å². The third kappa shape index (κ3) is 3.96. The molecule has 1 amide bonds. The number of fused-ring (bicyclic) bond motifs is 1. The highest BCUT2D eigenvalue weighted by molar-refractivity contribution is 6.32. The summed E-state index contributed by atoms with van der Waals surface area (Å²) in [5.41, 5.74) is -1.92. The van der Waals surface area contributed by atoms with E-state index in [2.05, 4.69) is 15.4 Å². The Balaban J connectivity index is 1.76. The Hall–Kier alpha value is -3.93. The smallest absolute Gasteiger partial charge is 0.305 e. The molecule has 4 rings (SSSR count). The molecule has 0 unspecified atom stereocenters. The minimum Gasteiger partial charge on any atom is -0.305 e. The predicted octanol–water partition coefficient (Wildman–Crippen LogP) is 3.05. The lowest BCUT2D eigenvalue weighted by Crippen LogP contribution is -2.37. The van der Waals surface area contributed by atoms with Gasteiger partial charge in [-0.1, -0.05) is 11.6 Å². The fraction of sp³-hybridized carbons (Fsp3) is 0.190. The number of carbonyl (C=O) groups excluding carboxylic acids is 1. The van der Waals surface area contributed by atoms with Gasteiger partial charge in [-0.3, -0.25) is 18.7 Å². The lowest BCUT2D eigenvalue weighted by molar-refractivity contribution is -0.137. The van der Waals surface area contributed by atoms with Gasteiger partial charge in [-0.15, -0.1) is 0 Å². The standard InChI is InChI=1S/C21H16ClF3N6O3/c1-10-8-16(31(28-10)15-9-11(21(23,24)25)4-6-13(15)22)27-18(32)14-7-5-12-17(26-14)29(2)20(34)30(3)19(12)33/h4-9H,1-3H3,(H,27,32). The molecule has 1 N–H and O–H groups in total. The summed E-state index contributed by atoms with van der Waals surface area (Å²) in [6, 6.07) is 6.87. The Labute approximate surface area is 194 Å². The van der Waals surface area contributed by atoms with E-state index in [0.717, 1.165) is 32.0 Å². The van der Waals surface area contributed by atoms with Crippen LogP contribution in [0, 0.1) is 6.92 Å². The maximum atomic E-state index is 13.2. The summed E-state index contributed by atoms with van der Waals surface area (Å²) >= 11 is 6.12. The van der Waals surface area contributed by atoms with Gasteiger partial charge in [0, 0.05) is 20.2 Å². The van der Waals surface area contributed by atoms with Crippen LogP contribution in [-0.2, 0) is 20.3 Å². The minimum atomic E-state index is -4.60. The Morgan fingerprint density at radius 1 is 1.06 bits per heavy atom. The molecule has 0 atom stereocenters. The number of nitrogens with one attached hydrogen (secondary N) is 1. The van der Waals surface area contributed by atoms with Gasteiger partial charge in [0.25, 0.3) is 11.5 Å². The van der Waals surface area contributed by atoms with Crippen molar-refractivity contribution in [3.63, 3.8) is 0 Å². The van der Waals surface area contributed by atoms with E-state index in [0.29, 0.717) is 5.69 Å². The van der Waals surface area contributed by atoms with E-state index in [-0.39, 0.29) is 33.3 Å². The molecule has 0 aliphatic rings. The third-order valence-corrected chi connectivity index (χ3v) is 5.43. The molecule has 1 aromatic carbocycles. The number of benzene rings is 1. The van der Waals surface area contributed by atoms with E-state index in [1.807, 2.05) is 0 Å². The fourth-order valence-electron chi connectivity index (χ4n) is 3.38. The van der Waals surface area contributed by atoms with Crippen LogP contribution in [0.25, 0.3) is 16.7 Å². The van der Waals surface area contributed by atoms with Crippen LogP contribution in [0.2, 0.25) is 5.02 Å². The molecule has 13 heteroatoms. The molecule has 0 aliphatic heterocycles. The molecule has 0 fully saturated rings. The summed E-state index contributed by atoms with van der Waals surface area (Å²) in [6.07, 6.45) is -4.60. The Kier molecular flexibility index (Phi) is 5.56. The summed E-state index contributed by atoms with van der Waals surface area (Å²) in [6.45, 7) is 1.59. The van der Waals surface area contributed by atoms with Crippen molar-refractivity contribution in [2.24, 2.45) is 14.1 Å². The second-order valence-corrected chi connectivity index (χ2v) is 7.88. The average molecular weight is 493 g/mol. The van der Waals surface area contributed by atoms with E-state index >= 15 is 0 Å². The van der Waals surface area contributed by atoms with E-state index in [1.165, 1.54) is 32.3 Å². The van der Waals surface area contributed by atoms with E-state index in [4.69, 9.17) is 11.6 Å². The molecule has 0 bridgehead atoms. The fourth-order valence-corrected chi connectivity index (χ4v) is 3.58. The first kappa shape index (κ1) is 23.2. The zero-order valence-electron chi connectivity index (χ0n) is 17.9. The number of amides is 1. The Bertz CT molecular complexity index is 1590. The third-order valence-electron chi connectivity index (χ3n) is 5.11. The van der Waals surface area contributed by atoms with Crippen molar-refractivity contribution >= 4 is 34.4 Å². The number of pyridine rings is 1. The number of aromatic nitrogens is 5. The highest BCUT2D eigenvalue weighted by Gasteiger charge is 2.31. The van der Waals surface area contributed by atoms with Crippen molar-refractivity contribution in [2.45, 2.75) is 13.1 Å². The molecule has 0 aliphatic carbocycles. The lowest BCUT2D eigenvalue weighted by Gasteiger charge is -2.13. The number of rotatable bonds is 3. The molecule has 9 nitrogen and oxygen atoms in total. The number of hydrogen-bond acceptors (Lipinski definition) is 5. The Morgan fingerprint density at radius 2 is 1.76 bits per heavy atom. The van der Waals surface area contributed by atoms with Crippen molar-refractivity contribution in [3.8, 4) is 5.69 Å². The quantitative estimate of drug-likeness (QED) is 0.473. The zero-order valence-corrected chi connectivity index (χ0v) is 18.7. The predicted molar refractivity (Wildman–Crippen MR) is 118 cm³/mol. The van der Waals surface area contributed by atoms with Gasteiger partial charge in [-0.2, -0.15) is 18.3 Å². The number of hydrogen-bond donors (Lipinski definition) is 1. The SMILES string of the molecule is Cc1cc(NC(=O)c2ccc3c(=O)n(C)c(=O)n(C)c3n2)n(-c2cc(C(F)(F)F)ccc2Cl)n1. The molecule has 0 spiro atoms. The van der Waals surface area contributed by atoms with Gasteiger partial charge < -0.3 is 5.32 Å². The van der Waals surface area contributed by atoms with Crippen LogP contribution in [-0.4, -0.2) is 29.8 Å². The van der Waals surface area contributed by atoms with Crippen molar-refractivity contribution in [1.29, 1.82) is 0 Å². The molecular weight excluding hydrogens is 477 g/mol. The summed E-state index contributed by atoms with van der Waals surface area (Å²) < 4.78 is 42.7. The first-order valence-electron chi connectivity index (χ1n) is 9.70. The molecule has 0 radical (unpaired) electrons. The van der Waals surface area contributed by atoms with Crippen LogP contribution in [0.5, 0.6) is 0 Å². The van der Waals surface area contributed by atoms with Gasteiger partial charge >= 0.3 is 11.9 Å². The van der Waals surface area contributed by atoms with Crippen LogP contribution in [0.3, 0.4) is 0 Å². The first-order chi connectivity index (χ1) is 15.9. The van der Waals surface area contributed by atoms with Crippen LogP contribution in [0.4, 0.5) is 19.0 Å². The highest BCUT2D eigenvalue weighted by Crippen LogP contribution is 2.34. The van der Waals surface area contributed by atoms with Gasteiger partial charge in [-0.05, 0) is 37.3 Å². The van der Waals surface area contributed by atoms with Gasteiger partial charge in [0.15, 0.2) is 0 Å². The summed E-state index contributed by atoms with van der Waals surface area (Å²) in [5.74, 6) is -0.692. The number of halogens is 4. The normalized spacial score (nSPS) is 11.7. The molecule has 3 heterocycles. The second kappa shape index (κ2) is 8.13. The minimum absolute atomic E-state index is 0.00589. The average Bonchev–Trinajstić information content (AvgIpc) is 3.14. The van der Waals surface area contributed by atoms with Gasteiger partial charge in [0.2, 0.25) is 0 Å². The molecule has 176 valence electrons. The molecule has 0 saturated carbocycles. The molecule has 34 heavy (non-hydrogen) atoms. The molecule has 4 aromatic rings. The maximum Gasteiger partial charge on any atom is 0.416 e. The summed E-state index contributed by atoms with van der Waals surface area (Å²) in [5, 5.41) is 6.82. The molecular formula is C21H16ClF3N6O3. The van der Waals surface area contributed by atoms with Crippen LogP contribution in [0.1, 0.15) is 21.7 Å². The topological polar surface area (TPSA) is 104 Å². The number of anilines is 1. The second-order valence-electron chi connectivity index (χ2n) is 7.47. The van der Waals surface area contributed by atoms with Gasteiger partial charge in [0.1, 0.15) is 17.2 Å². The van der Waals surface area contributed by atoms with E-state index in [9.17, 15) is 27.6 Å². The van der Waals surface area contributed by atoms with Gasteiger partial charge in [0.05, 0.1) is 27.4 Å². The molecule has 3 aromatic heterocycles. The number of carbonyl (C=O) groups is 1. The number of aryl methyl sites for hydroxylation is 2. The summed E-state index contributed by atoms with van der Waals surface area (Å²) in [4.78, 5) is 41.6. The maximum absolute atomic E-state index is 13.2. The number of alkyl halides is 3. The first-order valence-corrected chi connectivity index (χ1v) is 10.1. The van der Waals surface area contributed by atoms with Crippen molar-refractivity contribution in [2.75, 3.05) is 5.32 Å². The van der Waals surface area contributed by atoms with Crippen LogP contribution < -0.4 is 16.6 Å². The largest absolute Gasteiger partial charge is 0.416 e.